The summed E-state index contributed by atoms with van der Waals surface area (Å²) in [6.45, 7) is 5.45. The molecule has 0 aliphatic heterocycles. The lowest BCUT2D eigenvalue weighted by molar-refractivity contribution is -0.151. The summed E-state index contributed by atoms with van der Waals surface area (Å²) in [4.78, 5) is 36.7. The summed E-state index contributed by atoms with van der Waals surface area (Å²) in [6, 6.07) is 5.59. The zero-order valence-electron chi connectivity index (χ0n) is 15.5. The van der Waals surface area contributed by atoms with Gasteiger partial charge in [-0.05, 0) is 45.2 Å². The molecule has 1 fully saturated rings. The van der Waals surface area contributed by atoms with Crippen molar-refractivity contribution in [2.24, 2.45) is 0 Å². The molecule has 142 valence electrons. The molecule has 0 heterocycles. The normalized spacial score (nSPS) is 15.3. The summed E-state index contributed by atoms with van der Waals surface area (Å²) >= 11 is 1.37. The van der Waals surface area contributed by atoms with Crippen molar-refractivity contribution in [2.75, 3.05) is 5.75 Å². The second kappa shape index (κ2) is 9.62. The van der Waals surface area contributed by atoms with Gasteiger partial charge in [-0.1, -0.05) is 30.5 Å². The third-order valence-corrected chi connectivity index (χ3v) is 5.43. The number of nitrogens with one attached hydrogen (secondary N) is 2. The highest BCUT2D eigenvalue weighted by Gasteiger charge is 2.22. The Morgan fingerprint density at radius 2 is 1.92 bits per heavy atom. The van der Waals surface area contributed by atoms with Crippen LogP contribution in [0.5, 0.6) is 0 Å². The summed E-state index contributed by atoms with van der Waals surface area (Å²) < 4.78 is 5.12. The minimum atomic E-state index is -1.02. The Kier molecular flexibility index (Phi) is 7.50. The van der Waals surface area contributed by atoms with Crippen molar-refractivity contribution in [2.45, 2.75) is 63.5 Å². The Morgan fingerprint density at radius 3 is 2.58 bits per heavy atom. The Morgan fingerprint density at radius 1 is 1.23 bits per heavy atom. The fourth-order valence-electron chi connectivity index (χ4n) is 2.89. The van der Waals surface area contributed by atoms with Gasteiger partial charge in [0.1, 0.15) is 0 Å². The molecule has 2 N–H and O–H groups in total. The van der Waals surface area contributed by atoms with E-state index in [1.165, 1.54) is 18.7 Å². The maximum Gasteiger partial charge on any atom is 0.321 e. The first-order valence-electron chi connectivity index (χ1n) is 8.86. The van der Waals surface area contributed by atoms with Crippen LogP contribution < -0.4 is 10.6 Å². The first-order valence-corrected chi connectivity index (χ1v) is 9.84. The van der Waals surface area contributed by atoms with Crippen LogP contribution in [0.25, 0.3) is 0 Å². The van der Waals surface area contributed by atoms with Crippen LogP contribution in [0.15, 0.2) is 23.1 Å². The summed E-state index contributed by atoms with van der Waals surface area (Å²) in [5.74, 6) is -1.00. The monoisotopic (exact) mass is 378 g/mol. The molecule has 2 rings (SSSR count). The standard InChI is InChI=1S/C19H26N2O4S/c1-12-8-9-16(13(2)10-12)26-11-17(22)25-14(3)18(23)21-19(24)20-15-6-4-5-7-15/h8-10,14-15H,4-7,11H2,1-3H3,(H2,20,21,23,24)/t14-/m1/s1. The number of thioether (sulfide) groups is 1. The van der Waals surface area contributed by atoms with Gasteiger partial charge in [-0.3, -0.25) is 14.9 Å². The summed E-state index contributed by atoms with van der Waals surface area (Å²) in [5.41, 5.74) is 2.26. The maximum atomic E-state index is 12.0. The number of urea groups is 1. The van der Waals surface area contributed by atoms with Gasteiger partial charge in [-0.25, -0.2) is 4.79 Å². The van der Waals surface area contributed by atoms with Gasteiger partial charge in [-0.2, -0.15) is 0 Å². The van der Waals surface area contributed by atoms with Crippen molar-refractivity contribution < 1.29 is 19.1 Å². The lowest BCUT2D eigenvalue weighted by Crippen LogP contribution is -2.47. The fraction of sp³-hybridized carbons (Fsp3) is 0.526. The summed E-state index contributed by atoms with van der Waals surface area (Å²) in [5, 5.41) is 4.99. The third kappa shape index (κ3) is 6.37. The maximum absolute atomic E-state index is 12.0. The Labute approximate surface area is 158 Å². The van der Waals surface area contributed by atoms with Crippen LogP contribution in [0.1, 0.15) is 43.7 Å². The molecule has 6 nitrogen and oxygen atoms in total. The van der Waals surface area contributed by atoms with Gasteiger partial charge >= 0.3 is 12.0 Å². The van der Waals surface area contributed by atoms with E-state index in [1.807, 2.05) is 32.0 Å². The molecule has 1 saturated carbocycles. The van der Waals surface area contributed by atoms with E-state index in [0.717, 1.165) is 41.7 Å². The second-order valence-electron chi connectivity index (χ2n) is 6.63. The molecule has 1 aromatic carbocycles. The van der Waals surface area contributed by atoms with Crippen molar-refractivity contribution in [3.63, 3.8) is 0 Å². The van der Waals surface area contributed by atoms with Gasteiger partial charge in [0.2, 0.25) is 0 Å². The van der Waals surface area contributed by atoms with E-state index in [4.69, 9.17) is 4.74 Å². The molecular formula is C19H26N2O4S. The molecule has 0 aromatic heterocycles. The van der Waals surface area contributed by atoms with Crippen LogP contribution >= 0.6 is 11.8 Å². The van der Waals surface area contributed by atoms with Crippen LogP contribution in [0.4, 0.5) is 4.79 Å². The number of hydrogen-bond acceptors (Lipinski definition) is 5. The van der Waals surface area contributed by atoms with E-state index in [2.05, 4.69) is 10.6 Å². The van der Waals surface area contributed by atoms with Crippen molar-refractivity contribution >= 4 is 29.7 Å². The first kappa shape index (κ1) is 20.3. The molecule has 1 aromatic rings. The van der Waals surface area contributed by atoms with Gasteiger partial charge in [0.25, 0.3) is 5.91 Å². The smallest absolute Gasteiger partial charge is 0.321 e. The largest absolute Gasteiger partial charge is 0.452 e. The Balaban J connectivity index is 1.73. The average molecular weight is 378 g/mol. The molecule has 0 saturated heterocycles. The summed E-state index contributed by atoms with van der Waals surface area (Å²) in [6.07, 6.45) is 3.02. The highest BCUT2D eigenvalue weighted by atomic mass is 32.2. The topological polar surface area (TPSA) is 84.5 Å². The number of carbonyl (C=O) groups is 3. The highest BCUT2D eigenvalue weighted by Crippen LogP contribution is 2.23. The number of esters is 1. The molecule has 1 aliphatic rings. The van der Waals surface area contributed by atoms with Crippen LogP contribution in [0.3, 0.4) is 0 Å². The van der Waals surface area contributed by atoms with Crippen LogP contribution in [0, 0.1) is 13.8 Å². The van der Waals surface area contributed by atoms with Crippen molar-refractivity contribution in [1.82, 2.24) is 10.6 Å². The van der Waals surface area contributed by atoms with E-state index in [-0.39, 0.29) is 11.8 Å². The number of carbonyl (C=O) groups excluding carboxylic acids is 3. The highest BCUT2D eigenvalue weighted by molar-refractivity contribution is 8.00. The number of rotatable bonds is 6. The minimum absolute atomic E-state index is 0.107. The van der Waals surface area contributed by atoms with E-state index in [1.54, 1.807) is 0 Å². The van der Waals surface area contributed by atoms with Gasteiger partial charge in [-0.15, -0.1) is 11.8 Å². The predicted molar refractivity (Wildman–Crippen MR) is 101 cm³/mol. The number of ether oxygens (including phenoxy) is 1. The fourth-order valence-corrected chi connectivity index (χ4v) is 3.68. The molecule has 0 unspecified atom stereocenters. The Hall–Kier alpha value is -2.02. The quantitative estimate of drug-likeness (QED) is 0.587. The molecule has 7 heteroatoms. The van der Waals surface area contributed by atoms with E-state index in [9.17, 15) is 14.4 Å². The third-order valence-electron chi connectivity index (χ3n) is 4.28. The zero-order valence-corrected chi connectivity index (χ0v) is 16.3. The van der Waals surface area contributed by atoms with Crippen molar-refractivity contribution in [3.8, 4) is 0 Å². The minimum Gasteiger partial charge on any atom is -0.452 e. The average Bonchev–Trinajstić information content (AvgIpc) is 3.06. The molecule has 3 amide bonds. The first-order chi connectivity index (χ1) is 12.3. The van der Waals surface area contributed by atoms with Gasteiger partial charge < -0.3 is 10.1 Å². The number of aryl methyl sites for hydroxylation is 2. The molecule has 0 bridgehead atoms. The van der Waals surface area contributed by atoms with Crippen LogP contribution in [0.2, 0.25) is 0 Å². The van der Waals surface area contributed by atoms with Gasteiger partial charge in [0.05, 0.1) is 5.75 Å². The number of benzene rings is 1. The van der Waals surface area contributed by atoms with Crippen LogP contribution in [-0.4, -0.2) is 35.8 Å². The number of hydrogen-bond donors (Lipinski definition) is 2. The zero-order chi connectivity index (χ0) is 19.1. The molecule has 26 heavy (non-hydrogen) atoms. The molecule has 0 radical (unpaired) electrons. The van der Waals surface area contributed by atoms with Gasteiger partial charge in [0, 0.05) is 10.9 Å². The summed E-state index contributed by atoms with van der Waals surface area (Å²) in [7, 11) is 0. The second-order valence-corrected chi connectivity index (χ2v) is 7.65. The molecule has 1 aliphatic carbocycles. The predicted octanol–water partition coefficient (Wildman–Crippen LogP) is 3.10. The number of imide groups is 1. The van der Waals surface area contributed by atoms with E-state index < -0.39 is 24.0 Å². The lowest BCUT2D eigenvalue weighted by atomic mass is 10.2. The Bertz CT molecular complexity index is 672. The van der Waals surface area contributed by atoms with E-state index in [0.29, 0.717) is 0 Å². The lowest BCUT2D eigenvalue weighted by Gasteiger charge is -2.15. The molecule has 0 spiro atoms. The molecular weight excluding hydrogens is 352 g/mol. The van der Waals surface area contributed by atoms with Crippen LogP contribution in [-0.2, 0) is 14.3 Å². The van der Waals surface area contributed by atoms with Crippen molar-refractivity contribution in [3.05, 3.63) is 29.3 Å². The van der Waals surface area contributed by atoms with Crippen molar-refractivity contribution in [1.29, 1.82) is 0 Å². The van der Waals surface area contributed by atoms with Gasteiger partial charge in [0.15, 0.2) is 6.10 Å². The SMILES string of the molecule is Cc1ccc(SCC(=O)O[C@H](C)C(=O)NC(=O)NC2CCCC2)c(C)c1. The van der Waals surface area contributed by atoms with E-state index >= 15 is 0 Å². The number of amides is 3. The molecule has 1 atom stereocenters.